The topological polar surface area (TPSA) is 124 Å². The lowest BCUT2D eigenvalue weighted by molar-refractivity contribution is -0.122. The first-order chi connectivity index (χ1) is 11.1. The number of nitrogens with two attached hydrogens (primary N) is 1. The highest BCUT2D eigenvalue weighted by atomic mass is 16.5. The lowest BCUT2D eigenvalue weighted by atomic mass is 9.96. The molecule has 0 saturated carbocycles. The SMILES string of the molecule is CCOC(=O)c1noc2ncnc(N3CCC(C(N)=O)CC3)c12. The minimum atomic E-state index is -0.575. The zero-order chi connectivity index (χ0) is 16.4. The zero-order valence-corrected chi connectivity index (χ0v) is 12.7. The third kappa shape index (κ3) is 2.81. The maximum absolute atomic E-state index is 12.0. The van der Waals surface area contributed by atoms with E-state index in [1.54, 1.807) is 6.92 Å². The Morgan fingerprint density at radius 1 is 1.39 bits per heavy atom. The van der Waals surface area contributed by atoms with Gasteiger partial charge in [0.25, 0.3) is 5.71 Å². The van der Waals surface area contributed by atoms with Gasteiger partial charge in [-0.2, -0.15) is 4.98 Å². The van der Waals surface area contributed by atoms with E-state index in [1.807, 2.05) is 4.90 Å². The lowest BCUT2D eigenvalue weighted by Crippen LogP contribution is -2.39. The summed E-state index contributed by atoms with van der Waals surface area (Å²) in [4.78, 5) is 33.5. The first-order valence-electron chi connectivity index (χ1n) is 7.43. The van der Waals surface area contributed by atoms with Crippen molar-refractivity contribution in [3.63, 3.8) is 0 Å². The number of aromatic nitrogens is 3. The Labute approximate surface area is 131 Å². The van der Waals surface area contributed by atoms with E-state index >= 15 is 0 Å². The Hall–Kier alpha value is -2.71. The van der Waals surface area contributed by atoms with Crippen molar-refractivity contribution in [1.82, 2.24) is 15.1 Å². The smallest absolute Gasteiger partial charge is 0.361 e. The van der Waals surface area contributed by atoms with Crippen LogP contribution in [-0.4, -0.2) is 46.7 Å². The fourth-order valence-corrected chi connectivity index (χ4v) is 2.73. The van der Waals surface area contributed by atoms with E-state index in [0.717, 1.165) is 0 Å². The Morgan fingerprint density at radius 2 is 2.13 bits per heavy atom. The number of nitrogens with zero attached hydrogens (tertiary/aromatic N) is 4. The summed E-state index contributed by atoms with van der Waals surface area (Å²) in [5, 5.41) is 4.19. The maximum Gasteiger partial charge on any atom is 0.361 e. The molecule has 1 saturated heterocycles. The molecular weight excluding hydrogens is 302 g/mol. The quantitative estimate of drug-likeness (QED) is 0.807. The third-order valence-corrected chi connectivity index (χ3v) is 3.92. The van der Waals surface area contributed by atoms with Crippen molar-refractivity contribution in [2.24, 2.45) is 11.7 Å². The molecule has 1 aliphatic rings. The number of carbonyl (C=O) groups excluding carboxylic acids is 2. The summed E-state index contributed by atoms with van der Waals surface area (Å²) in [7, 11) is 0. The summed E-state index contributed by atoms with van der Waals surface area (Å²) in [5.74, 6) is -0.429. The molecule has 1 amide bonds. The summed E-state index contributed by atoms with van der Waals surface area (Å²) in [5.41, 5.74) is 5.65. The van der Waals surface area contributed by atoms with Crippen LogP contribution in [0.4, 0.5) is 5.82 Å². The van der Waals surface area contributed by atoms with Crippen molar-refractivity contribution < 1.29 is 18.8 Å². The van der Waals surface area contributed by atoms with Crippen molar-refractivity contribution in [3.8, 4) is 0 Å². The van der Waals surface area contributed by atoms with E-state index in [2.05, 4.69) is 15.1 Å². The van der Waals surface area contributed by atoms with Gasteiger partial charge in [-0.05, 0) is 19.8 Å². The van der Waals surface area contributed by atoms with Gasteiger partial charge in [0.2, 0.25) is 11.6 Å². The Morgan fingerprint density at radius 3 is 2.78 bits per heavy atom. The molecule has 1 aliphatic heterocycles. The molecule has 2 N–H and O–H groups in total. The molecule has 23 heavy (non-hydrogen) atoms. The number of amides is 1. The molecule has 0 atom stereocenters. The van der Waals surface area contributed by atoms with Gasteiger partial charge in [0, 0.05) is 19.0 Å². The van der Waals surface area contributed by atoms with Crippen LogP contribution >= 0.6 is 0 Å². The van der Waals surface area contributed by atoms with Crippen LogP contribution in [0.1, 0.15) is 30.3 Å². The van der Waals surface area contributed by atoms with Crippen LogP contribution in [0.25, 0.3) is 11.1 Å². The minimum absolute atomic E-state index is 0.0643. The number of fused-ring (bicyclic) bond motifs is 1. The molecule has 0 radical (unpaired) electrons. The second kappa shape index (κ2) is 6.19. The van der Waals surface area contributed by atoms with Gasteiger partial charge in [0.1, 0.15) is 17.5 Å². The average Bonchev–Trinajstić information content (AvgIpc) is 2.99. The molecule has 0 spiro atoms. The number of hydrogen-bond donors (Lipinski definition) is 1. The molecule has 0 aliphatic carbocycles. The summed E-state index contributed by atoms with van der Waals surface area (Å²) in [6.07, 6.45) is 2.64. The molecule has 3 rings (SSSR count). The van der Waals surface area contributed by atoms with Crippen LogP contribution < -0.4 is 10.6 Å². The number of esters is 1. The number of carbonyl (C=O) groups is 2. The van der Waals surface area contributed by atoms with Crippen LogP contribution in [0.15, 0.2) is 10.9 Å². The van der Waals surface area contributed by atoms with Gasteiger partial charge >= 0.3 is 5.97 Å². The minimum Gasteiger partial charge on any atom is -0.461 e. The van der Waals surface area contributed by atoms with Gasteiger partial charge in [-0.1, -0.05) is 5.16 Å². The molecule has 3 heterocycles. The summed E-state index contributed by atoms with van der Waals surface area (Å²) in [6, 6.07) is 0. The largest absolute Gasteiger partial charge is 0.461 e. The van der Waals surface area contributed by atoms with E-state index in [1.165, 1.54) is 6.33 Å². The molecule has 0 unspecified atom stereocenters. The first kappa shape index (κ1) is 15.2. The van der Waals surface area contributed by atoms with Crippen molar-refractivity contribution in [2.45, 2.75) is 19.8 Å². The highest BCUT2D eigenvalue weighted by Crippen LogP contribution is 2.30. The lowest BCUT2D eigenvalue weighted by Gasteiger charge is -2.31. The number of anilines is 1. The predicted molar refractivity (Wildman–Crippen MR) is 79.7 cm³/mol. The second-order valence-corrected chi connectivity index (χ2v) is 5.29. The number of rotatable bonds is 4. The van der Waals surface area contributed by atoms with E-state index < -0.39 is 5.97 Å². The zero-order valence-electron chi connectivity index (χ0n) is 12.7. The van der Waals surface area contributed by atoms with Gasteiger partial charge in [0.05, 0.1) is 6.61 Å². The van der Waals surface area contributed by atoms with Crippen LogP contribution in [0, 0.1) is 5.92 Å². The number of hydrogen-bond acceptors (Lipinski definition) is 8. The van der Waals surface area contributed by atoms with Crippen LogP contribution in [0.3, 0.4) is 0 Å². The Balaban J connectivity index is 1.93. The van der Waals surface area contributed by atoms with Crippen molar-refractivity contribution in [3.05, 3.63) is 12.0 Å². The maximum atomic E-state index is 12.0. The van der Waals surface area contributed by atoms with Crippen molar-refractivity contribution >= 4 is 28.8 Å². The fraction of sp³-hybridized carbons (Fsp3) is 0.500. The second-order valence-electron chi connectivity index (χ2n) is 5.29. The van der Waals surface area contributed by atoms with Crippen LogP contribution in [0.2, 0.25) is 0 Å². The Bertz CT molecular complexity index is 736. The van der Waals surface area contributed by atoms with Gasteiger partial charge < -0.3 is 19.9 Å². The standard InChI is InChI=1S/C14H17N5O4/c1-2-22-14(21)10-9-12(16-7-17-13(9)23-18-10)19-5-3-8(4-6-19)11(15)20/h7-8H,2-6H2,1H3,(H2,15,20). The normalized spacial score (nSPS) is 15.8. The van der Waals surface area contributed by atoms with Crippen molar-refractivity contribution in [1.29, 1.82) is 0 Å². The van der Waals surface area contributed by atoms with Crippen molar-refractivity contribution in [2.75, 3.05) is 24.6 Å². The number of piperidine rings is 1. The van der Waals surface area contributed by atoms with Gasteiger partial charge in [-0.25, -0.2) is 9.78 Å². The molecule has 0 bridgehead atoms. The molecule has 1 fully saturated rings. The molecule has 122 valence electrons. The molecular formula is C14H17N5O4. The van der Waals surface area contributed by atoms with Gasteiger partial charge in [-0.15, -0.1) is 0 Å². The highest BCUT2D eigenvalue weighted by Gasteiger charge is 2.28. The third-order valence-electron chi connectivity index (χ3n) is 3.92. The fourth-order valence-electron chi connectivity index (χ4n) is 2.73. The van der Waals surface area contributed by atoms with Gasteiger partial charge in [0.15, 0.2) is 0 Å². The number of ether oxygens (including phenoxy) is 1. The summed E-state index contributed by atoms with van der Waals surface area (Å²) in [6.45, 7) is 3.16. The van der Waals surface area contributed by atoms with E-state index in [-0.39, 0.29) is 29.8 Å². The molecule has 2 aromatic heterocycles. The molecule has 0 aromatic carbocycles. The first-order valence-corrected chi connectivity index (χ1v) is 7.43. The molecule has 9 nitrogen and oxygen atoms in total. The molecule has 9 heteroatoms. The number of primary amides is 1. The highest BCUT2D eigenvalue weighted by molar-refractivity contribution is 6.04. The predicted octanol–water partition coefficient (Wildman–Crippen LogP) is 0.496. The van der Waals surface area contributed by atoms with Gasteiger partial charge in [-0.3, -0.25) is 4.79 Å². The molecule has 2 aromatic rings. The van der Waals surface area contributed by atoms with Crippen LogP contribution in [0.5, 0.6) is 0 Å². The Kier molecular flexibility index (Phi) is 4.09. The van der Waals surface area contributed by atoms with E-state index in [9.17, 15) is 9.59 Å². The summed E-state index contributed by atoms with van der Waals surface area (Å²) >= 11 is 0. The van der Waals surface area contributed by atoms with Crippen LogP contribution in [-0.2, 0) is 9.53 Å². The van der Waals surface area contributed by atoms with E-state index in [4.69, 9.17) is 15.0 Å². The summed E-state index contributed by atoms with van der Waals surface area (Å²) < 4.78 is 10.1. The monoisotopic (exact) mass is 319 g/mol. The van der Waals surface area contributed by atoms with E-state index in [0.29, 0.717) is 37.1 Å². The average molecular weight is 319 g/mol.